The molecule has 0 saturated carbocycles. The summed E-state index contributed by atoms with van der Waals surface area (Å²) in [6.45, 7) is 9.29. The SMILES string of the molecule is C=CCNS(=O)(=O)c1ccc(C(=O)NCCCc2nnc(SC)n2CC(C)C)cc1. The summed E-state index contributed by atoms with van der Waals surface area (Å²) in [6.07, 6.45) is 4.89. The lowest BCUT2D eigenvalue weighted by Gasteiger charge is -2.12. The van der Waals surface area contributed by atoms with Crippen LogP contribution in [0.5, 0.6) is 0 Å². The summed E-state index contributed by atoms with van der Waals surface area (Å²) in [5, 5.41) is 12.3. The summed E-state index contributed by atoms with van der Waals surface area (Å²) < 4.78 is 28.7. The minimum Gasteiger partial charge on any atom is -0.352 e. The van der Waals surface area contributed by atoms with Crippen LogP contribution >= 0.6 is 11.8 Å². The molecule has 1 aromatic carbocycles. The first-order valence-electron chi connectivity index (χ1n) is 9.73. The van der Waals surface area contributed by atoms with Gasteiger partial charge in [-0.1, -0.05) is 31.7 Å². The van der Waals surface area contributed by atoms with E-state index in [0.29, 0.717) is 24.4 Å². The molecule has 2 rings (SSSR count). The van der Waals surface area contributed by atoms with E-state index in [1.807, 2.05) is 6.26 Å². The number of sulfonamides is 1. The third-order valence-corrected chi connectivity index (χ3v) is 6.34. The molecule has 1 heterocycles. The Hall–Kier alpha value is -2.17. The number of aromatic nitrogens is 3. The number of amides is 1. The predicted molar refractivity (Wildman–Crippen MR) is 119 cm³/mol. The second-order valence-electron chi connectivity index (χ2n) is 7.13. The topological polar surface area (TPSA) is 106 Å². The number of rotatable bonds is 12. The predicted octanol–water partition coefficient (Wildman–Crippen LogP) is 2.48. The highest BCUT2D eigenvalue weighted by atomic mass is 32.2. The standard InChI is InChI=1S/C20H29N5O3S2/c1-5-12-22-30(27,28)17-10-8-16(9-11-17)19(26)21-13-6-7-18-23-24-20(29-4)25(18)14-15(2)3/h5,8-11,15,22H,1,6-7,12-14H2,2-4H3,(H,21,26). The van der Waals surface area contributed by atoms with E-state index in [1.165, 1.54) is 30.3 Å². The smallest absolute Gasteiger partial charge is 0.251 e. The Morgan fingerprint density at radius 3 is 2.57 bits per heavy atom. The van der Waals surface area contributed by atoms with Gasteiger partial charge in [-0.15, -0.1) is 16.8 Å². The van der Waals surface area contributed by atoms with Crippen LogP contribution in [-0.4, -0.2) is 48.4 Å². The van der Waals surface area contributed by atoms with Gasteiger partial charge in [0.1, 0.15) is 5.82 Å². The van der Waals surface area contributed by atoms with Crippen molar-refractivity contribution >= 4 is 27.7 Å². The minimum atomic E-state index is -3.60. The van der Waals surface area contributed by atoms with Crippen LogP contribution in [0.2, 0.25) is 0 Å². The Bertz CT molecular complexity index is 953. The Morgan fingerprint density at radius 1 is 1.27 bits per heavy atom. The van der Waals surface area contributed by atoms with Gasteiger partial charge in [-0.3, -0.25) is 4.79 Å². The maximum absolute atomic E-state index is 12.3. The molecular formula is C20H29N5O3S2. The molecule has 8 nitrogen and oxygen atoms in total. The first-order chi connectivity index (χ1) is 14.3. The number of thioether (sulfide) groups is 1. The van der Waals surface area contributed by atoms with Gasteiger partial charge in [0.25, 0.3) is 5.91 Å². The molecule has 0 atom stereocenters. The van der Waals surface area contributed by atoms with Crippen LogP contribution in [0, 0.1) is 5.92 Å². The zero-order valence-electron chi connectivity index (χ0n) is 17.6. The molecular weight excluding hydrogens is 422 g/mol. The number of hydrogen-bond acceptors (Lipinski definition) is 6. The minimum absolute atomic E-state index is 0.106. The van der Waals surface area contributed by atoms with Gasteiger partial charge in [-0.2, -0.15) is 0 Å². The fraction of sp³-hybridized carbons (Fsp3) is 0.450. The summed E-state index contributed by atoms with van der Waals surface area (Å²) in [7, 11) is -3.60. The molecule has 0 aliphatic carbocycles. The van der Waals surface area contributed by atoms with Gasteiger partial charge in [-0.05, 0) is 42.9 Å². The van der Waals surface area contributed by atoms with Crippen molar-refractivity contribution in [2.24, 2.45) is 5.92 Å². The van der Waals surface area contributed by atoms with Crippen molar-refractivity contribution < 1.29 is 13.2 Å². The maximum atomic E-state index is 12.3. The first-order valence-corrected chi connectivity index (χ1v) is 12.4. The highest BCUT2D eigenvalue weighted by molar-refractivity contribution is 7.98. The molecule has 0 saturated heterocycles. The van der Waals surface area contributed by atoms with E-state index in [-0.39, 0.29) is 17.3 Å². The summed E-state index contributed by atoms with van der Waals surface area (Å²) in [5.74, 6) is 1.17. The highest BCUT2D eigenvalue weighted by Gasteiger charge is 2.15. The average molecular weight is 452 g/mol. The lowest BCUT2D eigenvalue weighted by Crippen LogP contribution is -2.26. The molecule has 2 N–H and O–H groups in total. The number of hydrogen-bond donors (Lipinski definition) is 2. The molecule has 0 radical (unpaired) electrons. The van der Waals surface area contributed by atoms with Crippen LogP contribution in [0.3, 0.4) is 0 Å². The average Bonchev–Trinajstić information content (AvgIpc) is 3.10. The molecule has 0 aliphatic heterocycles. The molecule has 1 aromatic heterocycles. The lowest BCUT2D eigenvalue weighted by molar-refractivity contribution is 0.0953. The summed E-state index contributed by atoms with van der Waals surface area (Å²) in [6, 6.07) is 5.83. The van der Waals surface area contributed by atoms with Gasteiger partial charge in [0.15, 0.2) is 5.16 Å². The molecule has 0 unspecified atom stereocenters. The van der Waals surface area contributed by atoms with Crippen LogP contribution in [0.15, 0.2) is 47.0 Å². The molecule has 10 heteroatoms. The van der Waals surface area contributed by atoms with Crippen molar-refractivity contribution in [3.8, 4) is 0 Å². The van der Waals surface area contributed by atoms with Gasteiger partial charge in [0, 0.05) is 31.6 Å². The fourth-order valence-corrected chi connectivity index (χ4v) is 4.31. The van der Waals surface area contributed by atoms with Crippen LogP contribution < -0.4 is 10.0 Å². The van der Waals surface area contributed by atoms with Crippen LogP contribution in [0.25, 0.3) is 0 Å². The zero-order valence-corrected chi connectivity index (χ0v) is 19.2. The van der Waals surface area contributed by atoms with Crippen molar-refractivity contribution in [1.82, 2.24) is 24.8 Å². The summed E-state index contributed by atoms with van der Waals surface area (Å²) in [4.78, 5) is 12.4. The van der Waals surface area contributed by atoms with Gasteiger partial charge in [-0.25, -0.2) is 13.1 Å². The Labute approximate surface area is 182 Å². The monoisotopic (exact) mass is 451 g/mol. The lowest BCUT2D eigenvalue weighted by atomic mass is 10.2. The van der Waals surface area contributed by atoms with E-state index < -0.39 is 10.0 Å². The fourth-order valence-electron chi connectivity index (χ4n) is 2.79. The molecule has 2 aromatic rings. The Kier molecular flexibility index (Phi) is 9.07. The first kappa shape index (κ1) is 24.1. The molecule has 0 aliphatic rings. The van der Waals surface area contributed by atoms with Gasteiger partial charge >= 0.3 is 0 Å². The number of benzene rings is 1. The van der Waals surface area contributed by atoms with E-state index >= 15 is 0 Å². The second kappa shape index (κ2) is 11.3. The molecule has 1 amide bonds. The van der Waals surface area contributed by atoms with E-state index in [1.54, 1.807) is 11.8 Å². The van der Waals surface area contributed by atoms with E-state index in [0.717, 1.165) is 23.9 Å². The third kappa shape index (κ3) is 6.68. The van der Waals surface area contributed by atoms with Crippen molar-refractivity contribution in [1.29, 1.82) is 0 Å². The number of carbonyl (C=O) groups excluding carboxylic acids is 1. The molecule has 164 valence electrons. The quantitative estimate of drug-likeness (QED) is 0.292. The second-order valence-corrected chi connectivity index (χ2v) is 9.67. The van der Waals surface area contributed by atoms with Crippen LogP contribution in [0.1, 0.15) is 36.5 Å². The van der Waals surface area contributed by atoms with Crippen molar-refractivity contribution in [2.45, 2.75) is 43.3 Å². The van der Waals surface area contributed by atoms with Crippen molar-refractivity contribution in [3.63, 3.8) is 0 Å². The number of aryl methyl sites for hydroxylation is 1. The van der Waals surface area contributed by atoms with Crippen LogP contribution in [0.4, 0.5) is 0 Å². The third-order valence-electron chi connectivity index (χ3n) is 4.23. The molecule has 30 heavy (non-hydrogen) atoms. The number of carbonyl (C=O) groups is 1. The Balaban J connectivity index is 1.88. The highest BCUT2D eigenvalue weighted by Crippen LogP contribution is 2.16. The van der Waals surface area contributed by atoms with Crippen molar-refractivity contribution in [2.75, 3.05) is 19.3 Å². The van der Waals surface area contributed by atoms with Gasteiger partial charge in [0.2, 0.25) is 10.0 Å². The van der Waals surface area contributed by atoms with Gasteiger partial charge < -0.3 is 9.88 Å². The van der Waals surface area contributed by atoms with E-state index in [2.05, 4.69) is 45.2 Å². The zero-order chi connectivity index (χ0) is 22.1. The Morgan fingerprint density at radius 2 is 1.97 bits per heavy atom. The number of nitrogens with one attached hydrogen (secondary N) is 2. The summed E-state index contributed by atoms with van der Waals surface area (Å²) in [5.41, 5.74) is 0.408. The van der Waals surface area contributed by atoms with Crippen molar-refractivity contribution in [3.05, 3.63) is 48.3 Å². The number of nitrogens with zero attached hydrogens (tertiary/aromatic N) is 3. The molecule has 0 fully saturated rings. The molecule has 0 bridgehead atoms. The van der Waals surface area contributed by atoms with E-state index in [4.69, 9.17) is 0 Å². The molecule has 0 spiro atoms. The van der Waals surface area contributed by atoms with Crippen LogP contribution in [-0.2, 0) is 23.0 Å². The van der Waals surface area contributed by atoms with Gasteiger partial charge in [0.05, 0.1) is 4.90 Å². The van der Waals surface area contributed by atoms with E-state index in [9.17, 15) is 13.2 Å². The summed E-state index contributed by atoms with van der Waals surface area (Å²) >= 11 is 1.57. The largest absolute Gasteiger partial charge is 0.352 e. The normalized spacial score (nSPS) is 11.6. The maximum Gasteiger partial charge on any atom is 0.251 e.